The molecule has 1 aromatic heterocycles. The van der Waals surface area contributed by atoms with E-state index in [4.69, 9.17) is 9.15 Å². The average Bonchev–Trinajstić information content (AvgIpc) is 3.84. The third-order valence-corrected chi connectivity index (χ3v) is 7.34. The van der Waals surface area contributed by atoms with Crippen LogP contribution in [0.5, 0.6) is 5.75 Å². The molecular formula is C29H31N3O4. The summed E-state index contributed by atoms with van der Waals surface area (Å²) in [6, 6.07) is 14.4. The number of carbonyl (C=O) groups excluding carboxylic acids is 2. The van der Waals surface area contributed by atoms with Crippen molar-refractivity contribution < 1.29 is 18.7 Å². The number of aromatic nitrogens is 1. The summed E-state index contributed by atoms with van der Waals surface area (Å²) < 4.78 is 11.5. The molecule has 2 aromatic carbocycles. The van der Waals surface area contributed by atoms with Gasteiger partial charge in [0, 0.05) is 19.0 Å². The first-order valence-corrected chi connectivity index (χ1v) is 12.9. The normalized spacial score (nSPS) is 19.0. The van der Waals surface area contributed by atoms with Crippen molar-refractivity contribution in [2.24, 2.45) is 11.8 Å². The Balaban J connectivity index is 1.20. The number of nitrogens with one attached hydrogen (secondary N) is 1. The molecule has 1 unspecified atom stereocenters. The van der Waals surface area contributed by atoms with Gasteiger partial charge in [0.1, 0.15) is 12.0 Å². The number of hydrogen-bond donors (Lipinski definition) is 1. The first kappa shape index (κ1) is 22.8. The summed E-state index contributed by atoms with van der Waals surface area (Å²) in [5, 5.41) is 2.90. The highest BCUT2D eigenvalue weighted by atomic mass is 16.5. The Hall–Kier alpha value is -3.61. The summed E-state index contributed by atoms with van der Waals surface area (Å²) in [5.74, 6) is 1.85. The lowest BCUT2D eigenvalue weighted by atomic mass is 9.87. The highest BCUT2D eigenvalue weighted by molar-refractivity contribution is 5.91. The van der Waals surface area contributed by atoms with E-state index in [9.17, 15) is 9.59 Å². The number of rotatable bonds is 8. The average molecular weight is 486 g/mol. The number of aryl methyl sites for hydroxylation is 1. The molecule has 0 radical (unpaired) electrons. The van der Waals surface area contributed by atoms with Gasteiger partial charge in [0.15, 0.2) is 12.3 Å². The third-order valence-electron chi connectivity index (χ3n) is 7.34. The highest BCUT2D eigenvalue weighted by Crippen LogP contribution is 2.41. The van der Waals surface area contributed by atoms with Crippen LogP contribution >= 0.6 is 0 Å². The number of carbonyl (C=O) groups is 2. The van der Waals surface area contributed by atoms with Gasteiger partial charge in [-0.25, -0.2) is 4.98 Å². The minimum absolute atomic E-state index is 0.120. The van der Waals surface area contributed by atoms with Crippen LogP contribution in [0.1, 0.15) is 70.4 Å². The van der Waals surface area contributed by atoms with Gasteiger partial charge in [0.2, 0.25) is 11.8 Å². The van der Waals surface area contributed by atoms with Crippen molar-refractivity contribution in [1.29, 1.82) is 0 Å². The molecule has 0 saturated heterocycles. The summed E-state index contributed by atoms with van der Waals surface area (Å²) in [4.78, 5) is 31.8. The van der Waals surface area contributed by atoms with Gasteiger partial charge in [-0.15, -0.1) is 0 Å². The summed E-state index contributed by atoms with van der Waals surface area (Å²) in [6.45, 7) is 3.61. The van der Waals surface area contributed by atoms with E-state index >= 15 is 0 Å². The maximum absolute atomic E-state index is 13.2. The molecule has 2 fully saturated rings. The van der Waals surface area contributed by atoms with Crippen LogP contribution in [0.2, 0.25) is 0 Å². The number of fused-ring (bicyclic) bond motifs is 1. The summed E-state index contributed by atoms with van der Waals surface area (Å²) in [7, 11) is 0. The van der Waals surface area contributed by atoms with Crippen molar-refractivity contribution in [3.63, 3.8) is 0 Å². The van der Waals surface area contributed by atoms with Crippen molar-refractivity contribution in [3.05, 3.63) is 82.6 Å². The first-order chi connectivity index (χ1) is 17.5. The van der Waals surface area contributed by atoms with Gasteiger partial charge in [-0.05, 0) is 73.8 Å². The fraction of sp³-hybridized carbons (Fsp3) is 0.414. The molecule has 1 aliphatic heterocycles. The lowest BCUT2D eigenvalue weighted by Gasteiger charge is -2.38. The lowest BCUT2D eigenvalue weighted by molar-refractivity contribution is -0.134. The van der Waals surface area contributed by atoms with Gasteiger partial charge in [-0.3, -0.25) is 9.59 Å². The second-order valence-electron chi connectivity index (χ2n) is 10.3. The third kappa shape index (κ3) is 4.87. The summed E-state index contributed by atoms with van der Waals surface area (Å²) in [5.41, 5.74) is 4.91. The predicted molar refractivity (Wildman–Crippen MR) is 133 cm³/mol. The Labute approximate surface area is 210 Å². The van der Waals surface area contributed by atoms with E-state index in [0.29, 0.717) is 24.1 Å². The molecule has 1 N–H and O–H groups in total. The molecule has 7 heteroatoms. The fourth-order valence-corrected chi connectivity index (χ4v) is 4.87. The molecule has 3 aromatic rings. The zero-order valence-electron chi connectivity index (χ0n) is 20.5. The molecule has 7 nitrogen and oxygen atoms in total. The Morgan fingerprint density at radius 3 is 2.67 bits per heavy atom. The molecule has 2 heterocycles. The standard InChI is InChI=1S/C29H31N3O4/c1-18-2-6-21(7-3-18)27-24-14-23(11-10-20(24)12-13-32(27)29(34)22-8-9-22)35-17-26-31-25(16-36-26)28(33)30-15-19-4-5-19/h2-3,6-7,10-11,14,16,19,22,27H,4-5,8-9,12-13,15,17H2,1H3,(H,30,33). The topological polar surface area (TPSA) is 84.7 Å². The monoisotopic (exact) mass is 485 g/mol. The Morgan fingerprint density at radius 1 is 1.11 bits per heavy atom. The lowest BCUT2D eigenvalue weighted by Crippen LogP contribution is -2.41. The minimum Gasteiger partial charge on any atom is -0.484 e. The van der Waals surface area contributed by atoms with Crippen LogP contribution < -0.4 is 10.1 Å². The largest absolute Gasteiger partial charge is 0.484 e. The Kier molecular flexibility index (Phi) is 5.99. The molecule has 36 heavy (non-hydrogen) atoms. The van der Waals surface area contributed by atoms with E-state index in [1.807, 2.05) is 12.1 Å². The molecule has 2 aliphatic carbocycles. The maximum atomic E-state index is 13.2. The van der Waals surface area contributed by atoms with Gasteiger partial charge in [0.25, 0.3) is 5.91 Å². The van der Waals surface area contributed by atoms with Crippen LogP contribution in [0, 0.1) is 18.8 Å². The molecule has 3 aliphatic rings. The Bertz CT molecular complexity index is 1270. The molecule has 0 spiro atoms. The van der Waals surface area contributed by atoms with Crippen LogP contribution in [0.3, 0.4) is 0 Å². The second kappa shape index (κ2) is 9.45. The number of hydrogen-bond acceptors (Lipinski definition) is 5. The Morgan fingerprint density at radius 2 is 1.92 bits per heavy atom. The quantitative estimate of drug-likeness (QED) is 0.505. The molecule has 6 rings (SSSR count). The second-order valence-corrected chi connectivity index (χ2v) is 10.3. The van der Waals surface area contributed by atoms with E-state index in [0.717, 1.165) is 36.9 Å². The van der Waals surface area contributed by atoms with Gasteiger partial charge < -0.3 is 19.4 Å². The zero-order valence-corrected chi connectivity index (χ0v) is 20.5. The molecule has 2 saturated carbocycles. The molecule has 1 atom stereocenters. The van der Waals surface area contributed by atoms with E-state index in [1.54, 1.807) is 0 Å². The fourth-order valence-electron chi connectivity index (χ4n) is 4.87. The van der Waals surface area contributed by atoms with Gasteiger partial charge in [-0.2, -0.15) is 0 Å². The highest BCUT2D eigenvalue weighted by Gasteiger charge is 2.39. The smallest absolute Gasteiger partial charge is 0.273 e. The number of oxazole rings is 1. The van der Waals surface area contributed by atoms with Crippen LogP contribution in [-0.2, 0) is 17.8 Å². The number of ether oxygens (including phenoxy) is 1. The van der Waals surface area contributed by atoms with Crippen molar-refractivity contribution in [2.45, 2.75) is 51.7 Å². The van der Waals surface area contributed by atoms with E-state index in [-0.39, 0.29) is 36.1 Å². The summed E-state index contributed by atoms with van der Waals surface area (Å²) >= 11 is 0. The number of amides is 2. The van der Waals surface area contributed by atoms with Gasteiger partial charge in [-0.1, -0.05) is 35.9 Å². The summed E-state index contributed by atoms with van der Waals surface area (Å²) in [6.07, 6.45) is 6.54. The zero-order chi connectivity index (χ0) is 24.6. The van der Waals surface area contributed by atoms with E-state index < -0.39 is 0 Å². The minimum atomic E-state index is -0.216. The maximum Gasteiger partial charge on any atom is 0.273 e. The molecular weight excluding hydrogens is 454 g/mol. The van der Waals surface area contributed by atoms with Crippen molar-refractivity contribution in [2.75, 3.05) is 13.1 Å². The number of benzene rings is 2. The number of nitrogens with zero attached hydrogens (tertiary/aromatic N) is 2. The molecule has 0 bridgehead atoms. The van der Waals surface area contributed by atoms with Crippen LogP contribution in [0.15, 0.2) is 53.1 Å². The van der Waals surface area contributed by atoms with Crippen LogP contribution in [0.4, 0.5) is 0 Å². The van der Waals surface area contributed by atoms with Crippen LogP contribution in [-0.4, -0.2) is 34.8 Å². The van der Waals surface area contributed by atoms with E-state index in [2.05, 4.69) is 52.5 Å². The van der Waals surface area contributed by atoms with E-state index in [1.165, 1.54) is 30.2 Å². The molecule has 2 amide bonds. The first-order valence-electron chi connectivity index (χ1n) is 12.9. The van der Waals surface area contributed by atoms with Crippen molar-refractivity contribution in [3.8, 4) is 5.75 Å². The predicted octanol–water partition coefficient (Wildman–Crippen LogP) is 4.59. The van der Waals surface area contributed by atoms with Crippen LogP contribution in [0.25, 0.3) is 0 Å². The molecule has 186 valence electrons. The van der Waals surface area contributed by atoms with Crippen molar-refractivity contribution in [1.82, 2.24) is 15.2 Å². The SMILES string of the molecule is Cc1ccc(C2c3cc(OCc4nc(C(=O)NCC5CC5)co4)ccc3CCN2C(=O)C2CC2)cc1. The van der Waals surface area contributed by atoms with Gasteiger partial charge in [0.05, 0.1) is 6.04 Å². The van der Waals surface area contributed by atoms with Crippen molar-refractivity contribution >= 4 is 11.8 Å². The van der Waals surface area contributed by atoms with Gasteiger partial charge >= 0.3 is 0 Å².